The van der Waals surface area contributed by atoms with E-state index in [0.29, 0.717) is 11.6 Å². The van der Waals surface area contributed by atoms with Crippen LogP contribution in [0, 0.1) is 0 Å². The van der Waals surface area contributed by atoms with E-state index in [1.807, 2.05) is 18.2 Å². The Bertz CT molecular complexity index is 665. The quantitative estimate of drug-likeness (QED) is 0.833. The van der Waals surface area contributed by atoms with E-state index in [4.69, 9.17) is 10.3 Å². The zero-order valence-electron chi connectivity index (χ0n) is 11.5. The number of aromatic nitrogens is 2. The molecule has 1 atom stereocenters. The van der Waals surface area contributed by atoms with Gasteiger partial charge in [0.25, 0.3) is 5.89 Å². The van der Waals surface area contributed by atoms with Gasteiger partial charge < -0.3 is 10.3 Å². The third kappa shape index (κ3) is 2.35. The van der Waals surface area contributed by atoms with Crippen molar-refractivity contribution in [3.8, 4) is 11.5 Å². The van der Waals surface area contributed by atoms with E-state index in [1.165, 1.54) is 0 Å². The number of nitrogens with two attached hydrogens (primary N) is 1. The fourth-order valence-electron chi connectivity index (χ4n) is 3.06. The lowest BCUT2D eigenvalue weighted by Crippen LogP contribution is -2.57. The van der Waals surface area contributed by atoms with Crippen molar-refractivity contribution < 1.29 is 4.52 Å². The Balaban J connectivity index is 1.65. The highest BCUT2D eigenvalue weighted by Crippen LogP contribution is 2.31. The summed E-state index contributed by atoms with van der Waals surface area (Å²) >= 11 is 3.44. The van der Waals surface area contributed by atoms with Crippen LogP contribution in [0.2, 0.25) is 0 Å². The fraction of sp³-hybridized carbons (Fsp3) is 0.429. The molecule has 1 aromatic heterocycles. The smallest absolute Gasteiger partial charge is 0.260 e. The molecule has 0 saturated carbocycles. The second kappa shape index (κ2) is 5.08. The van der Waals surface area contributed by atoms with Crippen LogP contribution in [0.15, 0.2) is 27.2 Å². The van der Waals surface area contributed by atoms with Crippen molar-refractivity contribution in [2.45, 2.75) is 6.04 Å². The Kier molecular flexibility index (Phi) is 3.20. The molecule has 21 heavy (non-hydrogen) atoms. The SMILES string of the molecule is Nc1ccc(Br)cc1-c1nc(C2CN3CCN2CC3)no1. The summed E-state index contributed by atoms with van der Waals surface area (Å²) in [5.41, 5.74) is 7.42. The highest BCUT2D eigenvalue weighted by molar-refractivity contribution is 9.10. The molecule has 4 heterocycles. The molecule has 1 unspecified atom stereocenters. The van der Waals surface area contributed by atoms with Crippen LogP contribution >= 0.6 is 15.9 Å². The molecule has 0 aliphatic carbocycles. The molecule has 7 heteroatoms. The summed E-state index contributed by atoms with van der Waals surface area (Å²) in [5, 5.41) is 4.18. The molecular weight excluding hydrogens is 334 g/mol. The van der Waals surface area contributed by atoms with Crippen LogP contribution in [0.5, 0.6) is 0 Å². The van der Waals surface area contributed by atoms with Gasteiger partial charge in [-0.15, -0.1) is 0 Å². The van der Waals surface area contributed by atoms with Crippen molar-refractivity contribution in [3.05, 3.63) is 28.5 Å². The van der Waals surface area contributed by atoms with Gasteiger partial charge in [0.05, 0.1) is 11.6 Å². The van der Waals surface area contributed by atoms with Crippen LogP contribution in [0.25, 0.3) is 11.5 Å². The number of nitrogen functional groups attached to an aromatic ring is 1. The summed E-state index contributed by atoms with van der Waals surface area (Å²) in [6.07, 6.45) is 0. The van der Waals surface area contributed by atoms with E-state index in [2.05, 4.69) is 35.9 Å². The summed E-state index contributed by atoms with van der Waals surface area (Å²) in [5.74, 6) is 1.25. The topological polar surface area (TPSA) is 71.4 Å². The molecule has 5 rings (SSSR count). The molecule has 2 N–H and O–H groups in total. The molecule has 3 saturated heterocycles. The van der Waals surface area contributed by atoms with Gasteiger partial charge in [0, 0.05) is 42.9 Å². The van der Waals surface area contributed by atoms with Gasteiger partial charge in [-0.2, -0.15) is 4.98 Å². The molecule has 3 aliphatic heterocycles. The second-order valence-corrected chi connectivity index (χ2v) is 6.46. The van der Waals surface area contributed by atoms with Crippen LogP contribution < -0.4 is 5.73 Å². The summed E-state index contributed by atoms with van der Waals surface area (Å²) in [4.78, 5) is 9.46. The summed E-state index contributed by atoms with van der Waals surface area (Å²) in [7, 11) is 0. The molecule has 3 aliphatic rings. The van der Waals surface area contributed by atoms with Gasteiger partial charge in [-0.1, -0.05) is 21.1 Å². The largest absolute Gasteiger partial charge is 0.398 e. The Labute approximate surface area is 131 Å². The number of nitrogens with zero attached hydrogens (tertiary/aromatic N) is 4. The van der Waals surface area contributed by atoms with Crippen LogP contribution in [0.1, 0.15) is 11.9 Å². The van der Waals surface area contributed by atoms with Crippen LogP contribution in [0.4, 0.5) is 5.69 Å². The molecule has 0 radical (unpaired) electrons. The number of fused-ring (bicyclic) bond motifs is 3. The first-order valence-electron chi connectivity index (χ1n) is 7.06. The number of rotatable bonds is 2. The molecule has 0 amide bonds. The van der Waals surface area contributed by atoms with Crippen LogP contribution in [0.3, 0.4) is 0 Å². The van der Waals surface area contributed by atoms with E-state index in [0.717, 1.165) is 48.6 Å². The summed E-state index contributed by atoms with van der Waals surface area (Å²) in [6.45, 7) is 5.41. The van der Waals surface area contributed by atoms with Crippen molar-refractivity contribution in [2.75, 3.05) is 38.5 Å². The van der Waals surface area contributed by atoms with Gasteiger partial charge in [-0.25, -0.2) is 0 Å². The van der Waals surface area contributed by atoms with Crippen molar-refractivity contribution in [3.63, 3.8) is 0 Å². The third-order valence-corrected chi connectivity index (χ3v) is 4.76. The zero-order chi connectivity index (χ0) is 14.4. The molecule has 2 aromatic rings. The van der Waals surface area contributed by atoms with Gasteiger partial charge in [0.15, 0.2) is 5.82 Å². The molecule has 1 aromatic carbocycles. The number of hydrogen-bond donors (Lipinski definition) is 1. The van der Waals surface area contributed by atoms with E-state index < -0.39 is 0 Å². The molecule has 2 bridgehead atoms. The minimum Gasteiger partial charge on any atom is -0.398 e. The van der Waals surface area contributed by atoms with Crippen LogP contribution in [-0.2, 0) is 0 Å². The van der Waals surface area contributed by atoms with Gasteiger partial charge in [-0.3, -0.25) is 9.80 Å². The van der Waals surface area contributed by atoms with Gasteiger partial charge in [0.1, 0.15) is 0 Å². The number of halogens is 1. The molecular formula is C14H16BrN5O. The Morgan fingerprint density at radius 2 is 2.05 bits per heavy atom. The molecule has 3 fully saturated rings. The lowest BCUT2D eigenvalue weighted by Gasteiger charge is -2.46. The first-order chi connectivity index (χ1) is 10.2. The second-order valence-electron chi connectivity index (χ2n) is 5.54. The average Bonchev–Trinajstić information content (AvgIpc) is 3.00. The molecule has 6 nitrogen and oxygen atoms in total. The predicted octanol–water partition coefficient (Wildman–Crippen LogP) is 1.75. The highest BCUT2D eigenvalue weighted by Gasteiger charge is 2.35. The number of anilines is 1. The Morgan fingerprint density at radius 3 is 2.76 bits per heavy atom. The predicted molar refractivity (Wildman–Crippen MR) is 82.6 cm³/mol. The van der Waals surface area contributed by atoms with E-state index in [9.17, 15) is 0 Å². The average molecular weight is 350 g/mol. The van der Waals surface area contributed by atoms with E-state index >= 15 is 0 Å². The first kappa shape index (κ1) is 13.2. The van der Waals surface area contributed by atoms with Crippen molar-refractivity contribution >= 4 is 21.6 Å². The minimum absolute atomic E-state index is 0.235. The number of piperazine rings is 3. The maximum absolute atomic E-state index is 6.00. The normalized spacial score (nSPS) is 28.0. The molecule has 0 spiro atoms. The fourth-order valence-corrected chi connectivity index (χ4v) is 3.42. The van der Waals surface area contributed by atoms with E-state index in [1.54, 1.807) is 0 Å². The van der Waals surface area contributed by atoms with Crippen LogP contribution in [-0.4, -0.2) is 52.7 Å². The number of benzene rings is 1. The lowest BCUT2D eigenvalue weighted by molar-refractivity contribution is 0.00781. The zero-order valence-corrected chi connectivity index (χ0v) is 13.1. The standard InChI is InChI=1S/C14H16BrN5O/c15-9-1-2-11(16)10(7-9)14-17-13(18-21-14)12-8-19-3-5-20(12)6-4-19/h1-2,7,12H,3-6,8,16H2. The minimum atomic E-state index is 0.235. The monoisotopic (exact) mass is 349 g/mol. The number of hydrogen-bond acceptors (Lipinski definition) is 6. The summed E-state index contributed by atoms with van der Waals surface area (Å²) < 4.78 is 6.38. The van der Waals surface area contributed by atoms with Gasteiger partial charge >= 0.3 is 0 Å². The maximum atomic E-state index is 6.00. The molecule has 110 valence electrons. The Hall–Kier alpha value is -1.44. The van der Waals surface area contributed by atoms with E-state index in [-0.39, 0.29) is 6.04 Å². The van der Waals surface area contributed by atoms with Crippen molar-refractivity contribution in [1.82, 2.24) is 19.9 Å². The maximum Gasteiger partial charge on any atom is 0.260 e. The van der Waals surface area contributed by atoms with Crippen molar-refractivity contribution in [1.29, 1.82) is 0 Å². The third-order valence-electron chi connectivity index (χ3n) is 4.26. The van der Waals surface area contributed by atoms with Gasteiger partial charge in [0.2, 0.25) is 0 Å². The first-order valence-corrected chi connectivity index (χ1v) is 7.85. The summed E-state index contributed by atoms with van der Waals surface area (Å²) in [6, 6.07) is 5.87. The lowest BCUT2D eigenvalue weighted by atomic mass is 10.1. The highest BCUT2D eigenvalue weighted by atomic mass is 79.9. The van der Waals surface area contributed by atoms with Crippen molar-refractivity contribution in [2.24, 2.45) is 0 Å². The van der Waals surface area contributed by atoms with Gasteiger partial charge in [-0.05, 0) is 18.2 Å². The Morgan fingerprint density at radius 1 is 1.24 bits per heavy atom.